The van der Waals surface area contributed by atoms with Crippen molar-refractivity contribution in [1.82, 2.24) is 0 Å². The molecule has 0 fully saturated rings. The topological polar surface area (TPSA) is 169 Å². The molecule has 10 nitrogen and oxygen atoms in total. The number of nitrogens with one attached hydrogen (secondary N) is 2. The summed E-state index contributed by atoms with van der Waals surface area (Å²) in [7, 11) is -3.91. The predicted molar refractivity (Wildman–Crippen MR) is 138 cm³/mol. The Balaban J connectivity index is 1.78. The van der Waals surface area contributed by atoms with Gasteiger partial charge < -0.3 is 20.7 Å². The minimum absolute atomic E-state index is 0.00387. The fourth-order valence-electron chi connectivity index (χ4n) is 3.53. The Bertz CT molecular complexity index is 1370. The molecular weight excluding hydrogens is 482 g/mol. The molecule has 3 rings (SSSR count). The lowest BCUT2D eigenvalue weighted by Gasteiger charge is -2.24. The second-order valence-corrected chi connectivity index (χ2v) is 9.32. The van der Waals surface area contributed by atoms with Gasteiger partial charge in [0.1, 0.15) is 12.4 Å². The Morgan fingerprint density at radius 3 is 2.33 bits per heavy atom. The zero-order chi connectivity index (χ0) is 26.3. The van der Waals surface area contributed by atoms with Crippen molar-refractivity contribution in [2.24, 2.45) is 10.9 Å². The van der Waals surface area contributed by atoms with E-state index in [1.54, 1.807) is 73.7 Å². The SMILES string of the molecule is CCOC(=O)CN(CC(=O)Nc1ccc(-c2ccccc2S(N)(=O)=O)cc1)c1cccc(C(=N)N)c1. The molecule has 0 radical (unpaired) electrons. The summed E-state index contributed by atoms with van der Waals surface area (Å²) in [5.41, 5.74) is 8.10. The molecular formula is C25H27N5O5S. The number of primary sulfonamides is 1. The van der Waals surface area contributed by atoms with Gasteiger partial charge in [0.15, 0.2) is 0 Å². The normalized spacial score (nSPS) is 10.9. The number of carbonyl (C=O) groups is 2. The Kier molecular flexibility index (Phi) is 8.41. The molecule has 3 aromatic carbocycles. The second-order valence-electron chi connectivity index (χ2n) is 7.79. The van der Waals surface area contributed by atoms with Crippen LogP contribution in [0.1, 0.15) is 12.5 Å². The monoisotopic (exact) mass is 509 g/mol. The summed E-state index contributed by atoms with van der Waals surface area (Å²) in [6.07, 6.45) is 0. The standard InChI is InChI=1S/C25H27N5O5S/c1-2-35-24(32)16-30(20-7-5-6-18(14-20)25(26)27)15-23(31)29-19-12-10-17(11-13-19)21-8-3-4-9-22(21)36(28,33)34/h3-14H,2,15-16H2,1H3,(H3,26,27)(H,29,31)(H2,28,33,34). The van der Waals surface area contributed by atoms with Gasteiger partial charge in [0, 0.05) is 22.5 Å². The van der Waals surface area contributed by atoms with Crippen molar-refractivity contribution in [2.45, 2.75) is 11.8 Å². The third-order valence-corrected chi connectivity index (χ3v) is 6.12. The number of nitrogen functional groups attached to an aromatic ring is 1. The molecule has 0 heterocycles. The molecule has 3 aromatic rings. The first-order valence-corrected chi connectivity index (χ1v) is 12.5. The van der Waals surface area contributed by atoms with E-state index in [2.05, 4.69) is 5.32 Å². The van der Waals surface area contributed by atoms with Crippen LogP contribution in [-0.2, 0) is 24.3 Å². The summed E-state index contributed by atoms with van der Waals surface area (Å²) >= 11 is 0. The summed E-state index contributed by atoms with van der Waals surface area (Å²) < 4.78 is 28.8. The van der Waals surface area contributed by atoms with Crippen molar-refractivity contribution in [2.75, 3.05) is 29.9 Å². The second kappa shape index (κ2) is 11.5. The quantitative estimate of drug-likeness (QED) is 0.185. The lowest BCUT2D eigenvalue weighted by atomic mass is 10.1. The summed E-state index contributed by atoms with van der Waals surface area (Å²) in [6, 6.07) is 19.7. The van der Waals surface area contributed by atoms with Gasteiger partial charge in [-0.15, -0.1) is 0 Å². The smallest absolute Gasteiger partial charge is 0.325 e. The van der Waals surface area contributed by atoms with Crippen molar-refractivity contribution in [3.8, 4) is 11.1 Å². The van der Waals surface area contributed by atoms with Crippen LogP contribution in [-0.4, -0.2) is 45.8 Å². The molecule has 0 aliphatic heterocycles. The minimum Gasteiger partial charge on any atom is -0.465 e. The van der Waals surface area contributed by atoms with E-state index in [0.717, 1.165) is 0 Å². The molecule has 0 aromatic heterocycles. The van der Waals surface area contributed by atoms with Crippen LogP contribution in [0.15, 0.2) is 77.7 Å². The number of hydrogen-bond acceptors (Lipinski definition) is 7. The Labute approximate surface area is 209 Å². The van der Waals surface area contributed by atoms with Gasteiger partial charge in [0.25, 0.3) is 0 Å². The molecule has 0 aliphatic rings. The van der Waals surface area contributed by atoms with Gasteiger partial charge in [-0.05, 0) is 42.8 Å². The largest absolute Gasteiger partial charge is 0.465 e. The number of amidine groups is 1. The van der Waals surface area contributed by atoms with E-state index in [1.165, 1.54) is 11.0 Å². The highest BCUT2D eigenvalue weighted by atomic mass is 32.2. The van der Waals surface area contributed by atoms with Gasteiger partial charge in [0.05, 0.1) is 18.0 Å². The Morgan fingerprint density at radius 1 is 1.00 bits per heavy atom. The number of esters is 1. The average Bonchev–Trinajstić information content (AvgIpc) is 2.84. The number of carbonyl (C=O) groups excluding carboxylic acids is 2. The highest BCUT2D eigenvalue weighted by Crippen LogP contribution is 2.27. The molecule has 6 N–H and O–H groups in total. The molecule has 0 atom stereocenters. The molecule has 0 bridgehead atoms. The minimum atomic E-state index is -3.91. The zero-order valence-corrected chi connectivity index (χ0v) is 20.4. The number of hydrogen-bond donors (Lipinski definition) is 4. The lowest BCUT2D eigenvalue weighted by Crippen LogP contribution is -2.37. The van der Waals surface area contributed by atoms with Gasteiger partial charge in [-0.2, -0.15) is 0 Å². The van der Waals surface area contributed by atoms with Gasteiger partial charge >= 0.3 is 5.97 Å². The molecule has 188 valence electrons. The van der Waals surface area contributed by atoms with Crippen LogP contribution in [0.2, 0.25) is 0 Å². The number of ether oxygens (including phenoxy) is 1. The fourth-order valence-corrected chi connectivity index (χ4v) is 4.29. The number of nitrogens with zero attached hydrogens (tertiary/aromatic N) is 1. The van der Waals surface area contributed by atoms with E-state index in [9.17, 15) is 18.0 Å². The summed E-state index contributed by atoms with van der Waals surface area (Å²) in [4.78, 5) is 26.5. The van der Waals surface area contributed by atoms with Crippen LogP contribution in [0.25, 0.3) is 11.1 Å². The van der Waals surface area contributed by atoms with Crippen LogP contribution in [0.5, 0.6) is 0 Å². The highest BCUT2D eigenvalue weighted by molar-refractivity contribution is 7.89. The van der Waals surface area contributed by atoms with E-state index in [1.807, 2.05) is 0 Å². The first-order valence-electron chi connectivity index (χ1n) is 11.0. The van der Waals surface area contributed by atoms with Crippen molar-refractivity contribution in [1.29, 1.82) is 5.41 Å². The van der Waals surface area contributed by atoms with Gasteiger partial charge in [-0.3, -0.25) is 15.0 Å². The van der Waals surface area contributed by atoms with E-state index < -0.39 is 21.9 Å². The van der Waals surface area contributed by atoms with Crippen molar-refractivity contribution in [3.05, 3.63) is 78.4 Å². The van der Waals surface area contributed by atoms with Gasteiger partial charge in [-0.25, -0.2) is 13.6 Å². The number of rotatable bonds is 10. The van der Waals surface area contributed by atoms with E-state index >= 15 is 0 Å². The summed E-state index contributed by atoms with van der Waals surface area (Å²) in [6.45, 7) is 1.55. The lowest BCUT2D eigenvalue weighted by molar-refractivity contribution is -0.141. The highest BCUT2D eigenvalue weighted by Gasteiger charge is 2.18. The summed E-state index contributed by atoms with van der Waals surface area (Å²) in [5, 5.41) is 15.7. The molecule has 1 amide bonds. The predicted octanol–water partition coefficient (Wildman–Crippen LogP) is 2.29. The molecule has 0 spiro atoms. The molecule has 0 unspecified atom stereocenters. The van der Waals surface area contributed by atoms with E-state index in [-0.39, 0.29) is 30.4 Å². The number of benzene rings is 3. The van der Waals surface area contributed by atoms with Crippen molar-refractivity contribution in [3.63, 3.8) is 0 Å². The van der Waals surface area contributed by atoms with Crippen LogP contribution in [0.4, 0.5) is 11.4 Å². The number of nitrogens with two attached hydrogens (primary N) is 2. The third kappa shape index (κ3) is 6.90. The maximum Gasteiger partial charge on any atom is 0.325 e. The maximum absolute atomic E-state index is 12.8. The van der Waals surface area contributed by atoms with Crippen LogP contribution in [0, 0.1) is 5.41 Å². The zero-order valence-electron chi connectivity index (χ0n) is 19.6. The van der Waals surface area contributed by atoms with Crippen LogP contribution in [0.3, 0.4) is 0 Å². The first kappa shape index (κ1) is 26.4. The Morgan fingerprint density at radius 2 is 1.69 bits per heavy atom. The number of anilines is 2. The van der Waals surface area contributed by atoms with Crippen molar-refractivity contribution >= 4 is 39.1 Å². The van der Waals surface area contributed by atoms with Crippen LogP contribution < -0.4 is 21.1 Å². The third-order valence-electron chi connectivity index (χ3n) is 5.16. The average molecular weight is 510 g/mol. The van der Waals surface area contributed by atoms with E-state index in [0.29, 0.717) is 28.1 Å². The van der Waals surface area contributed by atoms with Gasteiger partial charge in [0.2, 0.25) is 15.9 Å². The number of sulfonamides is 1. The first-order chi connectivity index (χ1) is 17.1. The van der Waals surface area contributed by atoms with E-state index in [4.69, 9.17) is 21.0 Å². The van der Waals surface area contributed by atoms with Crippen molar-refractivity contribution < 1.29 is 22.7 Å². The fraction of sp³-hybridized carbons (Fsp3) is 0.160. The molecule has 11 heteroatoms. The summed E-state index contributed by atoms with van der Waals surface area (Å²) in [5.74, 6) is -1.04. The van der Waals surface area contributed by atoms with Gasteiger partial charge in [-0.1, -0.05) is 42.5 Å². The molecule has 36 heavy (non-hydrogen) atoms. The molecule has 0 aliphatic carbocycles. The number of amides is 1. The van der Waals surface area contributed by atoms with Crippen LogP contribution >= 0.6 is 0 Å². The molecule has 0 saturated carbocycles. The Hall–Kier alpha value is -4.22. The maximum atomic E-state index is 12.8. The molecule has 0 saturated heterocycles.